The molecule has 1 aromatic carbocycles. The zero-order valence-corrected chi connectivity index (χ0v) is 10.2. The van der Waals surface area contributed by atoms with E-state index < -0.39 is 0 Å². The smallest absolute Gasteiger partial charge is 0.0767 e. The SMILES string of the molecule is Cc1cc(C)cc(C(N)C2CCCCO2)c1. The molecule has 1 heterocycles. The van der Waals surface area contributed by atoms with Crippen molar-refractivity contribution in [1.29, 1.82) is 0 Å². The molecule has 2 rings (SSSR count). The summed E-state index contributed by atoms with van der Waals surface area (Å²) in [5, 5.41) is 0. The van der Waals surface area contributed by atoms with E-state index in [0.717, 1.165) is 13.0 Å². The Balaban J connectivity index is 2.15. The van der Waals surface area contributed by atoms with Crippen LogP contribution >= 0.6 is 0 Å². The fourth-order valence-electron chi connectivity index (χ4n) is 2.47. The molecule has 2 unspecified atom stereocenters. The number of benzene rings is 1. The zero-order valence-electron chi connectivity index (χ0n) is 10.2. The van der Waals surface area contributed by atoms with Crippen LogP contribution in [0.5, 0.6) is 0 Å². The molecule has 0 bridgehead atoms. The quantitative estimate of drug-likeness (QED) is 0.830. The van der Waals surface area contributed by atoms with Crippen LogP contribution in [-0.4, -0.2) is 12.7 Å². The first-order valence-electron chi connectivity index (χ1n) is 6.12. The lowest BCUT2D eigenvalue weighted by Crippen LogP contribution is -2.31. The van der Waals surface area contributed by atoms with Gasteiger partial charge in [-0.15, -0.1) is 0 Å². The van der Waals surface area contributed by atoms with E-state index in [1.807, 2.05) is 0 Å². The zero-order chi connectivity index (χ0) is 11.5. The molecule has 16 heavy (non-hydrogen) atoms. The Morgan fingerprint density at radius 3 is 2.44 bits per heavy atom. The normalized spacial score (nSPS) is 23.1. The first-order chi connectivity index (χ1) is 7.66. The maximum Gasteiger partial charge on any atom is 0.0767 e. The molecule has 0 saturated carbocycles. The molecule has 1 aliphatic heterocycles. The molecule has 0 radical (unpaired) electrons. The third kappa shape index (κ3) is 2.63. The summed E-state index contributed by atoms with van der Waals surface area (Å²) in [5.74, 6) is 0. The van der Waals surface area contributed by atoms with Crippen molar-refractivity contribution in [3.8, 4) is 0 Å². The van der Waals surface area contributed by atoms with Crippen LogP contribution in [-0.2, 0) is 4.74 Å². The summed E-state index contributed by atoms with van der Waals surface area (Å²) in [5.41, 5.74) is 10.1. The van der Waals surface area contributed by atoms with E-state index >= 15 is 0 Å². The van der Waals surface area contributed by atoms with Gasteiger partial charge in [0.25, 0.3) is 0 Å². The molecule has 88 valence electrons. The highest BCUT2D eigenvalue weighted by Gasteiger charge is 2.22. The molecule has 2 atom stereocenters. The second-order valence-corrected chi connectivity index (χ2v) is 4.85. The number of ether oxygens (including phenoxy) is 1. The third-order valence-electron chi connectivity index (χ3n) is 3.24. The van der Waals surface area contributed by atoms with Gasteiger partial charge in [0.15, 0.2) is 0 Å². The van der Waals surface area contributed by atoms with Gasteiger partial charge in [-0.25, -0.2) is 0 Å². The molecule has 1 fully saturated rings. The topological polar surface area (TPSA) is 35.2 Å². The van der Waals surface area contributed by atoms with Crippen molar-refractivity contribution in [3.63, 3.8) is 0 Å². The van der Waals surface area contributed by atoms with Crippen molar-refractivity contribution < 1.29 is 4.74 Å². The molecular weight excluding hydrogens is 198 g/mol. The monoisotopic (exact) mass is 219 g/mol. The van der Waals surface area contributed by atoms with Gasteiger partial charge in [-0.3, -0.25) is 0 Å². The molecule has 2 N–H and O–H groups in total. The maximum absolute atomic E-state index is 6.28. The summed E-state index contributed by atoms with van der Waals surface area (Å²) in [6, 6.07) is 6.56. The van der Waals surface area contributed by atoms with E-state index in [9.17, 15) is 0 Å². The summed E-state index contributed by atoms with van der Waals surface area (Å²) in [4.78, 5) is 0. The Bertz CT molecular complexity index is 336. The maximum atomic E-state index is 6.28. The lowest BCUT2D eigenvalue weighted by atomic mass is 9.94. The number of nitrogens with two attached hydrogens (primary N) is 1. The molecule has 1 aromatic rings. The summed E-state index contributed by atoms with van der Waals surface area (Å²) in [7, 11) is 0. The highest BCUT2D eigenvalue weighted by atomic mass is 16.5. The lowest BCUT2D eigenvalue weighted by molar-refractivity contribution is -0.000000170. The van der Waals surface area contributed by atoms with Crippen LogP contribution in [0.1, 0.15) is 42.0 Å². The summed E-state index contributed by atoms with van der Waals surface area (Å²) in [6.45, 7) is 5.10. The van der Waals surface area contributed by atoms with Crippen LogP contribution < -0.4 is 5.73 Å². The van der Waals surface area contributed by atoms with Crippen molar-refractivity contribution in [1.82, 2.24) is 0 Å². The second-order valence-electron chi connectivity index (χ2n) is 4.85. The average molecular weight is 219 g/mol. The minimum atomic E-state index is 0.0268. The number of aryl methyl sites for hydroxylation is 2. The largest absolute Gasteiger partial charge is 0.376 e. The van der Waals surface area contributed by atoms with Crippen molar-refractivity contribution in [3.05, 3.63) is 34.9 Å². The van der Waals surface area contributed by atoms with Crippen LogP contribution in [0.3, 0.4) is 0 Å². The van der Waals surface area contributed by atoms with Gasteiger partial charge in [-0.1, -0.05) is 29.3 Å². The minimum absolute atomic E-state index is 0.0268. The molecule has 0 aromatic heterocycles. The number of hydrogen-bond acceptors (Lipinski definition) is 2. The van der Waals surface area contributed by atoms with Crippen LogP contribution in [0.2, 0.25) is 0 Å². The first kappa shape index (κ1) is 11.6. The Kier molecular flexibility index (Phi) is 3.62. The van der Waals surface area contributed by atoms with E-state index in [1.54, 1.807) is 0 Å². The Hall–Kier alpha value is -0.860. The lowest BCUT2D eigenvalue weighted by Gasteiger charge is -2.28. The van der Waals surface area contributed by atoms with Gasteiger partial charge in [0, 0.05) is 6.61 Å². The second kappa shape index (κ2) is 4.98. The van der Waals surface area contributed by atoms with Crippen LogP contribution in [0.4, 0.5) is 0 Å². The van der Waals surface area contributed by atoms with E-state index in [4.69, 9.17) is 10.5 Å². The number of hydrogen-bond donors (Lipinski definition) is 1. The van der Waals surface area contributed by atoms with Gasteiger partial charge < -0.3 is 10.5 Å². The van der Waals surface area contributed by atoms with Crippen molar-refractivity contribution in [2.75, 3.05) is 6.61 Å². The van der Waals surface area contributed by atoms with Gasteiger partial charge in [0.2, 0.25) is 0 Å². The minimum Gasteiger partial charge on any atom is -0.376 e. The Labute approximate surface area is 97.8 Å². The van der Waals surface area contributed by atoms with Crippen LogP contribution in [0.15, 0.2) is 18.2 Å². The molecule has 2 heteroatoms. The first-order valence-corrected chi connectivity index (χ1v) is 6.12. The van der Waals surface area contributed by atoms with Gasteiger partial charge in [0.1, 0.15) is 0 Å². The van der Waals surface area contributed by atoms with Crippen LogP contribution in [0, 0.1) is 13.8 Å². The molecule has 0 amide bonds. The van der Waals surface area contributed by atoms with Crippen molar-refractivity contribution >= 4 is 0 Å². The van der Waals surface area contributed by atoms with Crippen LogP contribution in [0.25, 0.3) is 0 Å². The van der Waals surface area contributed by atoms with Crippen molar-refractivity contribution in [2.24, 2.45) is 5.73 Å². The highest BCUT2D eigenvalue weighted by Crippen LogP contribution is 2.25. The van der Waals surface area contributed by atoms with Crippen molar-refractivity contribution in [2.45, 2.75) is 45.3 Å². The van der Waals surface area contributed by atoms with E-state index in [0.29, 0.717) is 0 Å². The van der Waals surface area contributed by atoms with E-state index in [1.165, 1.54) is 29.5 Å². The van der Waals surface area contributed by atoms with Gasteiger partial charge in [-0.2, -0.15) is 0 Å². The molecule has 0 aliphatic carbocycles. The van der Waals surface area contributed by atoms with Gasteiger partial charge >= 0.3 is 0 Å². The fourth-order valence-corrected chi connectivity index (χ4v) is 2.47. The third-order valence-corrected chi connectivity index (χ3v) is 3.24. The van der Waals surface area contributed by atoms with E-state index in [2.05, 4.69) is 32.0 Å². The summed E-state index contributed by atoms with van der Waals surface area (Å²) in [6.07, 6.45) is 3.71. The van der Waals surface area contributed by atoms with E-state index in [-0.39, 0.29) is 12.1 Å². The molecule has 1 aliphatic rings. The summed E-state index contributed by atoms with van der Waals surface area (Å²) < 4.78 is 5.75. The fraction of sp³-hybridized carbons (Fsp3) is 0.571. The van der Waals surface area contributed by atoms with Gasteiger partial charge in [0.05, 0.1) is 12.1 Å². The summed E-state index contributed by atoms with van der Waals surface area (Å²) >= 11 is 0. The number of rotatable bonds is 2. The Morgan fingerprint density at radius 1 is 1.19 bits per heavy atom. The standard InChI is InChI=1S/C14H21NO/c1-10-7-11(2)9-12(8-10)14(15)13-5-3-4-6-16-13/h7-9,13-14H,3-6,15H2,1-2H3. The predicted molar refractivity (Wildman–Crippen MR) is 66.4 cm³/mol. The van der Waals surface area contributed by atoms with Gasteiger partial charge in [-0.05, 0) is 38.7 Å². The highest BCUT2D eigenvalue weighted by molar-refractivity contribution is 5.31. The molecule has 2 nitrogen and oxygen atoms in total. The Morgan fingerprint density at radius 2 is 1.88 bits per heavy atom. The molecule has 0 spiro atoms. The molecule has 1 saturated heterocycles. The average Bonchev–Trinajstić information content (AvgIpc) is 2.28. The predicted octanol–water partition coefficient (Wildman–Crippen LogP) is 2.87. The molecular formula is C14H21NO.